The summed E-state index contributed by atoms with van der Waals surface area (Å²) in [7, 11) is 0. The molecule has 2 saturated heterocycles. The van der Waals surface area contributed by atoms with Crippen molar-refractivity contribution in [2.24, 2.45) is 0 Å². The van der Waals surface area contributed by atoms with Crippen molar-refractivity contribution in [3.8, 4) is 0 Å². The molecular formula is C5H11ClN4OS. The molecule has 0 radical (unpaired) electrons. The van der Waals surface area contributed by atoms with Crippen molar-refractivity contribution in [3.05, 3.63) is 0 Å². The van der Waals surface area contributed by atoms with Crippen molar-refractivity contribution in [1.82, 2.24) is 21.1 Å². The molecule has 2 aliphatic rings. The molecule has 7 heteroatoms. The molecule has 12 heavy (non-hydrogen) atoms. The first-order valence-electron chi connectivity index (χ1n) is 3.75. The van der Waals surface area contributed by atoms with Gasteiger partial charge in [-0.1, -0.05) is 11.9 Å². The van der Waals surface area contributed by atoms with Crippen LogP contribution in [0.1, 0.15) is 0 Å². The van der Waals surface area contributed by atoms with Crippen molar-refractivity contribution in [2.75, 3.05) is 11.6 Å². The summed E-state index contributed by atoms with van der Waals surface area (Å²) in [4.78, 5) is 8.25. The summed E-state index contributed by atoms with van der Waals surface area (Å²) < 4.78 is 0. The maximum absolute atomic E-state index is 5.63. The van der Waals surface area contributed by atoms with Crippen LogP contribution in [0.4, 0.5) is 0 Å². The van der Waals surface area contributed by atoms with E-state index in [0.29, 0.717) is 5.88 Å². The lowest BCUT2D eigenvalue weighted by Gasteiger charge is -2.15. The van der Waals surface area contributed by atoms with Gasteiger partial charge in [-0.05, 0) is 0 Å². The molecule has 2 aliphatic heterocycles. The number of hydrogen-bond donors (Lipinski definition) is 4. The SMILES string of the molecule is ClCC1NOC(C2CSNN2)N1. The Labute approximate surface area is 80.0 Å². The molecule has 0 amide bonds. The molecule has 0 saturated carbocycles. The Morgan fingerprint density at radius 1 is 1.58 bits per heavy atom. The van der Waals surface area contributed by atoms with Crippen LogP contribution in [-0.2, 0) is 4.84 Å². The Kier molecular flexibility index (Phi) is 3.08. The van der Waals surface area contributed by atoms with Crippen LogP contribution < -0.4 is 21.1 Å². The fraction of sp³-hybridized carbons (Fsp3) is 1.00. The van der Waals surface area contributed by atoms with Gasteiger partial charge in [0.15, 0.2) is 0 Å². The molecule has 0 spiro atoms. The van der Waals surface area contributed by atoms with E-state index in [1.807, 2.05) is 0 Å². The van der Waals surface area contributed by atoms with Gasteiger partial charge in [0, 0.05) is 5.75 Å². The van der Waals surface area contributed by atoms with E-state index in [0.717, 1.165) is 5.75 Å². The van der Waals surface area contributed by atoms with Crippen molar-refractivity contribution < 1.29 is 4.84 Å². The van der Waals surface area contributed by atoms with Crippen molar-refractivity contribution in [1.29, 1.82) is 0 Å². The van der Waals surface area contributed by atoms with Crippen LogP contribution in [0.3, 0.4) is 0 Å². The second-order valence-electron chi connectivity index (χ2n) is 2.69. The van der Waals surface area contributed by atoms with E-state index in [9.17, 15) is 0 Å². The Hall–Kier alpha value is 0.440. The molecule has 0 aliphatic carbocycles. The molecule has 2 heterocycles. The molecule has 4 N–H and O–H groups in total. The Balaban J connectivity index is 1.81. The molecule has 0 aromatic carbocycles. The summed E-state index contributed by atoms with van der Waals surface area (Å²) in [6.45, 7) is 0. The van der Waals surface area contributed by atoms with Crippen LogP contribution in [0.25, 0.3) is 0 Å². The first-order chi connectivity index (χ1) is 5.90. The highest BCUT2D eigenvalue weighted by Gasteiger charge is 2.32. The van der Waals surface area contributed by atoms with Crippen LogP contribution >= 0.6 is 23.5 Å². The first kappa shape index (κ1) is 9.01. The predicted molar refractivity (Wildman–Crippen MR) is 48.2 cm³/mol. The normalized spacial score (nSPS) is 42.2. The standard InChI is InChI=1S/C5H11ClN4OS/c6-1-4-7-5(11-9-4)3-2-12-10-8-3/h3-5,7-10H,1-2H2. The second-order valence-corrected chi connectivity index (χ2v) is 3.83. The zero-order chi connectivity index (χ0) is 8.39. The van der Waals surface area contributed by atoms with Crippen LogP contribution in [-0.4, -0.2) is 30.1 Å². The van der Waals surface area contributed by atoms with E-state index in [4.69, 9.17) is 16.4 Å². The summed E-state index contributed by atoms with van der Waals surface area (Å²) in [6.07, 6.45) is 0.0558. The number of nitrogens with one attached hydrogen (secondary N) is 4. The minimum absolute atomic E-state index is 0.00347. The van der Waals surface area contributed by atoms with E-state index in [1.165, 1.54) is 0 Å². The van der Waals surface area contributed by atoms with Gasteiger partial charge in [-0.2, -0.15) is 5.48 Å². The maximum Gasteiger partial charge on any atom is 0.148 e. The minimum atomic E-state index is -0.00347. The third kappa shape index (κ3) is 1.85. The van der Waals surface area contributed by atoms with Gasteiger partial charge in [0.25, 0.3) is 0 Å². The average molecular weight is 211 g/mol. The largest absolute Gasteiger partial charge is 0.280 e. The predicted octanol–water partition coefficient (Wildman–Crippen LogP) is -0.874. The lowest BCUT2D eigenvalue weighted by Crippen LogP contribution is -2.47. The van der Waals surface area contributed by atoms with Gasteiger partial charge in [-0.3, -0.25) is 10.2 Å². The molecule has 70 valence electrons. The number of hydrogen-bond acceptors (Lipinski definition) is 6. The van der Waals surface area contributed by atoms with Crippen molar-refractivity contribution in [3.63, 3.8) is 0 Å². The van der Waals surface area contributed by atoms with E-state index < -0.39 is 0 Å². The lowest BCUT2D eigenvalue weighted by atomic mass is 10.3. The fourth-order valence-corrected chi connectivity index (χ4v) is 2.06. The smallest absolute Gasteiger partial charge is 0.148 e. The molecule has 0 aromatic rings. The molecule has 5 nitrogen and oxygen atoms in total. The fourth-order valence-electron chi connectivity index (χ4n) is 1.15. The Bertz CT molecular complexity index is 156. The zero-order valence-corrected chi connectivity index (χ0v) is 7.91. The van der Waals surface area contributed by atoms with Gasteiger partial charge < -0.3 is 0 Å². The summed E-state index contributed by atoms with van der Waals surface area (Å²) >= 11 is 7.27. The summed E-state index contributed by atoms with van der Waals surface area (Å²) in [5.74, 6) is 1.48. The van der Waals surface area contributed by atoms with E-state index >= 15 is 0 Å². The van der Waals surface area contributed by atoms with Crippen LogP contribution in [0.5, 0.6) is 0 Å². The van der Waals surface area contributed by atoms with Crippen molar-refractivity contribution >= 4 is 23.5 Å². The average Bonchev–Trinajstić information content (AvgIpc) is 2.75. The van der Waals surface area contributed by atoms with Crippen LogP contribution in [0.2, 0.25) is 0 Å². The minimum Gasteiger partial charge on any atom is -0.280 e. The third-order valence-electron chi connectivity index (χ3n) is 1.80. The highest BCUT2D eigenvalue weighted by Crippen LogP contribution is 2.11. The van der Waals surface area contributed by atoms with Crippen molar-refractivity contribution in [2.45, 2.75) is 18.4 Å². The molecule has 2 rings (SSSR count). The number of alkyl halides is 1. The van der Waals surface area contributed by atoms with Crippen LogP contribution in [0.15, 0.2) is 0 Å². The van der Waals surface area contributed by atoms with Gasteiger partial charge >= 0.3 is 0 Å². The number of hydroxylamine groups is 1. The lowest BCUT2D eigenvalue weighted by molar-refractivity contribution is 0.00740. The highest BCUT2D eigenvalue weighted by molar-refractivity contribution is 7.97. The summed E-state index contributed by atoms with van der Waals surface area (Å²) in [5, 5.41) is 3.20. The topological polar surface area (TPSA) is 57.4 Å². The third-order valence-corrected chi connectivity index (χ3v) is 2.90. The quantitative estimate of drug-likeness (QED) is 0.351. The molecule has 0 aromatic heterocycles. The Morgan fingerprint density at radius 2 is 2.50 bits per heavy atom. The maximum atomic E-state index is 5.63. The number of halogens is 1. The molecular weight excluding hydrogens is 200 g/mol. The number of hydrazine groups is 1. The van der Waals surface area contributed by atoms with Gasteiger partial charge in [0.1, 0.15) is 6.23 Å². The van der Waals surface area contributed by atoms with Crippen LogP contribution in [0, 0.1) is 0 Å². The van der Waals surface area contributed by atoms with Gasteiger partial charge in [0.05, 0.1) is 18.1 Å². The molecule has 3 unspecified atom stereocenters. The van der Waals surface area contributed by atoms with Gasteiger partial charge in [-0.15, -0.1) is 11.6 Å². The Morgan fingerprint density at radius 3 is 3.08 bits per heavy atom. The number of rotatable bonds is 2. The van der Waals surface area contributed by atoms with E-state index in [2.05, 4.69) is 21.1 Å². The molecule has 3 atom stereocenters. The second kappa shape index (κ2) is 4.10. The molecule has 2 fully saturated rings. The van der Waals surface area contributed by atoms with E-state index in [-0.39, 0.29) is 18.4 Å². The van der Waals surface area contributed by atoms with Gasteiger partial charge in [-0.25, -0.2) is 10.3 Å². The zero-order valence-electron chi connectivity index (χ0n) is 6.34. The van der Waals surface area contributed by atoms with E-state index in [1.54, 1.807) is 11.9 Å². The highest BCUT2D eigenvalue weighted by atomic mass is 35.5. The molecule has 0 bridgehead atoms. The monoisotopic (exact) mass is 210 g/mol. The van der Waals surface area contributed by atoms with Gasteiger partial charge in [0.2, 0.25) is 0 Å². The summed E-state index contributed by atoms with van der Waals surface area (Å²) in [6, 6.07) is 0.288. The summed E-state index contributed by atoms with van der Waals surface area (Å²) in [5.41, 5.74) is 5.90. The first-order valence-corrected chi connectivity index (χ1v) is 5.27.